The van der Waals surface area contributed by atoms with E-state index in [0.29, 0.717) is 23.6 Å². The summed E-state index contributed by atoms with van der Waals surface area (Å²) in [5, 5.41) is 3.04. The highest BCUT2D eigenvalue weighted by Gasteiger charge is 2.39. The Morgan fingerprint density at radius 3 is 2.39 bits per heavy atom. The number of nitrogens with one attached hydrogen (secondary N) is 1. The number of rotatable bonds is 9. The van der Waals surface area contributed by atoms with Crippen molar-refractivity contribution in [1.82, 2.24) is 5.32 Å². The van der Waals surface area contributed by atoms with Crippen LogP contribution in [0.3, 0.4) is 0 Å². The first kappa shape index (κ1) is 24.7. The van der Waals surface area contributed by atoms with Crippen molar-refractivity contribution in [3.63, 3.8) is 0 Å². The van der Waals surface area contributed by atoms with Crippen LogP contribution in [-0.2, 0) is 14.8 Å². The van der Waals surface area contributed by atoms with Crippen molar-refractivity contribution in [2.75, 3.05) is 31.3 Å². The zero-order valence-corrected chi connectivity index (χ0v) is 20.6. The smallest absolute Gasteiger partial charge is 0.241 e. The molecule has 0 saturated carbocycles. The Labute approximate surface area is 195 Å². The second kappa shape index (κ2) is 9.91. The lowest BCUT2D eigenvalue weighted by Crippen LogP contribution is -2.47. The first-order valence-corrected chi connectivity index (χ1v) is 12.8. The van der Waals surface area contributed by atoms with E-state index in [-0.39, 0.29) is 18.2 Å². The van der Waals surface area contributed by atoms with E-state index in [2.05, 4.69) is 19.2 Å². The fraction of sp³-hybridized carbons (Fsp3) is 0.458. The maximum Gasteiger partial charge on any atom is 0.241 e. The molecule has 0 unspecified atom stereocenters. The first-order valence-electron chi connectivity index (χ1n) is 10.9. The molecule has 180 valence electrons. The Bertz CT molecular complexity index is 1100. The predicted molar refractivity (Wildman–Crippen MR) is 128 cm³/mol. The van der Waals surface area contributed by atoms with E-state index < -0.39 is 15.9 Å². The first-order chi connectivity index (χ1) is 15.7. The highest BCUT2D eigenvalue weighted by molar-refractivity contribution is 7.92. The number of methoxy groups -OCH3 is 2. The SMILES string of the molecule is CCC1(CC)C[C@H](NC(=O)CN(c2ccc(OC)c(OC)c2)S(C)(=O)=O)c2ccccc2O1. The summed E-state index contributed by atoms with van der Waals surface area (Å²) in [6.45, 7) is 3.77. The molecule has 0 saturated heterocycles. The Kier molecular flexibility index (Phi) is 7.41. The molecule has 0 fully saturated rings. The van der Waals surface area contributed by atoms with Crippen LogP contribution >= 0.6 is 0 Å². The molecule has 2 aromatic carbocycles. The van der Waals surface area contributed by atoms with Crippen LogP contribution in [0.2, 0.25) is 0 Å². The van der Waals surface area contributed by atoms with Gasteiger partial charge in [-0.1, -0.05) is 32.0 Å². The molecule has 8 nitrogen and oxygen atoms in total. The van der Waals surface area contributed by atoms with Crippen LogP contribution in [0.15, 0.2) is 42.5 Å². The lowest BCUT2D eigenvalue weighted by molar-refractivity contribution is -0.121. The highest BCUT2D eigenvalue weighted by Crippen LogP contribution is 2.42. The van der Waals surface area contributed by atoms with Crippen LogP contribution in [0.1, 0.15) is 44.7 Å². The van der Waals surface area contributed by atoms with Gasteiger partial charge in [0, 0.05) is 18.1 Å². The third kappa shape index (κ3) is 5.35. The molecular weight excluding hydrogens is 444 g/mol. The molecule has 0 spiro atoms. The number of carbonyl (C=O) groups is 1. The summed E-state index contributed by atoms with van der Waals surface area (Å²) in [7, 11) is -0.774. The number of fused-ring (bicyclic) bond motifs is 1. The summed E-state index contributed by atoms with van der Waals surface area (Å²) >= 11 is 0. The van der Waals surface area contributed by atoms with E-state index >= 15 is 0 Å². The largest absolute Gasteiger partial charge is 0.493 e. The third-order valence-corrected chi connectivity index (χ3v) is 7.30. The number of para-hydroxylation sites is 1. The zero-order chi connectivity index (χ0) is 24.2. The van der Waals surface area contributed by atoms with Gasteiger partial charge in [0.1, 0.15) is 17.9 Å². The number of hydrogen-bond acceptors (Lipinski definition) is 6. The fourth-order valence-corrected chi connectivity index (χ4v) is 5.03. The zero-order valence-electron chi connectivity index (χ0n) is 19.8. The minimum absolute atomic E-state index is 0.283. The summed E-state index contributed by atoms with van der Waals surface area (Å²) in [5.74, 6) is 1.18. The molecule has 0 aliphatic carbocycles. The van der Waals surface area contributed by atoms with Gasteiger partial charge in [0.25, 0.3) is 0 Å². The van der Waals surface area contributed by atoms with Gasteiger partial charge in [-0.05, 0) is 31.0 Å². The van der Waals surface area contributed by atoms with E-state index in [1.165, 1.54) is 20.3 Å². The van der Waals surface area contributed by atoms with E-state index in [0.717, 1.165) is 34.7 Å². The van der Waals surface area contributed by atoms with Crippen molar-refractivity contribution in [2.45, 2.75) is 44.8 Å². The molecule has 3 rings (SSSR count). The maximum absolute atomic E-state index is 13.1. The summed E-state index contributed by atoms with van der Waals surface area (Å²) in [6.07, 6.45) is 3.27. The van der Waals surface area contributed by atoms with Crippen molar-refractivity contribution in [2.24, 2.45) is 0 Å². The number of benzene rings is 2. The van der Waals surface area contributed by atoms with Crippen LogP contribution in [-0.4, -0.2) is 46.9 Å². The highest BCUT2D eigenvalue weighted by atomic mass is 32.2. The van der Waals surface area contributed by atoms with Gasteiger partial charge in [-0.2, -0.15) is 0 Å². The lowest BCUT2D eigenvalue weighted by Gasteiger charge is -2.41. The van der Waals surface area contributed by atoms with Crippen LogP contribution in [0.4, 0.5) is 5.69 Å². The van der Waals surface area contributed by atoms with Crippen LogP contribution in [0.25, 0.3) is 0 Å². The van der Waals surface area contributed by atoms with E-state index in [4.69, 9.17) is 14.2 Å². The average Bonchev–Trinajstić information content (AvgIpc) is 2.81. The van der Waals surface area contributed by atoms with Crippen molar-refractivity contribution in [3.05, 3.63) is 48.0 Å². The number of carbonyl (C=O) groups excluding carboxylic acids is 1. The molecule has 1 N–H and O–H groups in total. The van der Waals surface area contributed by atoms with E-state index in [1.807, 2.05) is 24.3 Å². The van der Waals surface area contributed by atoms with E-state index in [9.17, 15) is 13.2 Å². The second-order valence-corrected chi connectivity index (χ2v) is 10.1. The third-order valence-electron chi connectivity index (χ3n) is 6.16. The molecule has 0 radical (unpaired) electrons. The van der Waals surface area contributed by atoms with Crippen molar-refractivity contribution >= 4 is 21.6 Å². The van der Waals surface area contributed by atoms with Gasteiger partial charge in [-0.3, -0.25) is 9.10 Å². The Balaban J connectivity index is 1.87. The Morgan fingerprint density at radius 1 is 1.12 bits per heavy atom. The molecule has 1 aliphatic heterocycles. The predicted octanol–water partition coefficient (Wildman–Crippen LogP) is 3.67. The number of sulfonamides is 1. The standard InChI is InChI=1S/C24H32N2O6S/c1-6-24(7-2)15-19(18-10-8-9-11-20(18)32-24)25-23(27)16-26(33(5,28)29)17-12-13-21(30-3)22(14-17)31-4/h8-14,19H,6-7,15-16H2,1-5H3,(H,25,27)/t19-/m0/s1. The second-order valence-electron chi connectivity index (χ2n) is 8.16. The van der Waals surface area contributed by atoms with Crippen molar-refractivity contribution < 1.29 is 27.4 Å². The quantitative estimate of drug-likeness (QED) is 0.594. The van der Waals surface area contributed by atoms with Gasteiger partial charge >= 0.3 is 0 Å². The maximum atomic E-state index is 13.1. The van der Waals surface area contributed by atoms with Crippen LogP contribution in [0.5, 0.6) is 17.2 Å². The lowest BCUT2D eigenvalue weighted by atomic mass is 9.83. The molecule has 9 heteroatoms. The minimum atomic E-state index is -3.74. The monoisotopic (exact) mass is 476 g/mol. The van der Waals surface area contributed by atoms with Crippen LogP contribution < -0.4 is 23.8 Å². The van der Waals surface area contributed by atoms with Gasteiger partial charge in [0.05, 0.1) is 32.2 Å². The molecule has 0 bridgehead atoms. The van der Waals surface area contributed by atoms with Crippen molar-refractivity contribution in [1.29, 1.82) is 0 Å². The number of anilines is 1. The number of hydrogen-bond donors (Lipinski definition) is 1. The summed E-state index contributed by atoms with van der Waals surface area (Å²) in [6, 6.07) is 12.1. The minimum Gasteiger partial charge on any atom is -0.493 e. The number of ether oxygens (including phenoxy) is 3. The Hall–Kier alpha value is -2.94. The topological polar surface area (TPSA) is 94.2 Å². The molecule has 33 heavy (non-hydrogen) atoms. The van der Waals surface area contributed by atoms with Gasteiger partial charge in [-0.15, -0.1) is 0 Å². The van der Waals surface area contributed by atoms with Crippen molar-refractivity contribution in [3.8, 4) is 17.2 Å². The van der Waals surface area contributed by atoms with Gasteiger partial charge < -0.3 is 19.5 Å². The molecule has 1 amide bonds. The van der Waals surface area contributed by atoms with Gasteiger partial charge in [-0.25, -0.2) is 8.42 Å². The summed E-state index contributed by atoms with van der Waals surface area (Å²) in [5.41, 5.74) is 0.821. The average molecular weight is 477 g/mol. The molecule has 0 aromatic heterocycles. The molecule has 1 aliphatic rings. The Morgan fingerprint density at radius 2 is 1.79 bits per heavy atom. The molecule has 2 aromatic rings. The molecule has 1 atom stereocenters. The van der Waals surface area contributed by atoms with Gasteiger partial charge in [0.2, 0.25) is 15.9 Å². The molecular formula is C24H32N2O6S. The van der Waals surface area contributed by atoms with Gasteiger partial charge in [0.15, 0.2) is 11.5 Å². The number of nitrogens with zero attached hydrogens (tertiary/aromatic N) is 1. The summed E-state index contributed by atoms with van der Waals surface area (Å²) in [4.78, 5) is 13.1. The fourth-order valence-electron chi connectivity index (χ4n) is 4.18. The van der Waals surface area contributed by atoms with E-state index in [1.54, 1.807) is 12.1 Å². The number of amides is 1. The van der Waals surface area contributed by atoms with Crippen LogP contribution in [0, 0.1) is 0 Å². The summed E-state index contributed by atoms with van der Waals surface area (Å²) < 4.78 is 43.0. The normalized spacial score (nSPS) is 16.8. The molecule has 1 heterocycles.